The molecule has 0 aliphatic carbocycles. The summed E-state index contributed by atoms with van der Waals surface area (Å²) in [4.78, 5) is 25.6. The van der Waals surface area contributed by atoms with E-state index in [-0.39, 0.29) is 24.2 Å². The predicted molar refractivity (Wildman–Crippen MR) is 107 cm³/mol. The molecule has 1 saturated heterocycles. The summed E-state index contributed by atoms with van der Waals surface area (Å²) >= 11 is 0. The zero-order valence-electron chi connectivity index (χ0n) is 16.1. The van der Waals surface area contributed by atoms with Gasteiger partial charge in [-0.2, -0.15) is 0 Å². The number of nitrogens with one attached hydrogen (secondary N) is 1. The number of piperidine rings is 1. The van der Waals surface area contributed by atoms with Gasteiger partial charge in [-0.15, -0.1) is 12.4 Å². The van der Waals surface area contributed by atoms with Gasteiger partial charge in [0.2, 0.25) is 5.91 Å². The first kappa shape index (κ1) is 22.5. The van der Waals surface area contributed by atoms with Crippen LogP contribution in [0, 0.1) is 5.92 Å². The maximum Gasteiger partial charge on any atom is 0.306 e. The van der Waals surface area contributed by atoms with Crippen LogP contribution >= 0.6 is 12.4 Å². The topological polar surface area (TPSA) is 69.6 Å². The van der Waals surface area contributed by atoms with Gasteiger partial charge in [0.1, 0.15) is 0 Å². The molecule has 0 aromatic heterocycles. The normalized spacial score (nSPS) is 15.8. The highest BCUT2D eigenvalue weighted by Crippen LogP contribution is 2.32. The molecule has 1 fully saturated rings. The lowest BCUT2D eigenvalue weighted by atomic mass is 9.92. The van der Waals surface area contributed by atoms with Crippen molar-refractivity contribution < 1.29 is 14.7 Å². The lowest BCUT2D eigenvalue weighted by molar-refractivity contribution is -0.143. The standard InChI is InChI=1S/C20H30N2O3.ClH/c1-13(2)16-6-5-7-17(14(3)4)19(16)21-18(23)12-22-10-8-15(9-11-22)20(24)25;/h5-7,13-15H,8-12H2,1-4H3,(H,21,23)(H,24,25);1H. The van der Waals surface area contributed by atoms with E-state index in [9.17, 15) is 9.59 Å². The molecule has 1 heterocycles. The van der Waals surface area contributed by atoms with E-state index >= 15 is 0 Å². The van der Waals surface area contributed by atoms with Gasteiger partial charge in [0.05, 0.1) is 12.5 Å². The molecule has 2 N–H and O–H groups in total. The summed E-state index contributed by atoms with van der Waals surface area (Å²) in [5.41, 5.74) is 3.26. The molecular formula is C20H31ClN2O3. The molecule has 2 rings (SSSR count). The van der Waals surface area contributed by atoms with E-state index in [0.29, 0.717) is 44.3 Å². The van der Waals surface area contributed by atoms with Gasteiger partial charge < -0.3 is 10.4 Å². The summed E-state index contributed by atoms with van der Waals surface area (Å²) in [5.74, 6) is -0.352. The molecule has 0 saturated carbocycles. The first-order chi connectivity index (χ1) is 11.8. The van der Waals surface area contributed by atoms with Crippen LogP contribution in [0.2, 0.25) is 0 Å². The number of halogens is 1. The minimum Gasteiger partial charge on any atom is -0.481 e. The number of hydrogen-bond acceptors (Lipinski definition) is 3. The van der Waals surface area contributed by atoms with Crippen LogP contribution in [-0.2, 0) is 9.59 Å². The number of carbonyl (C=O) groups is 2. The molecule has 0 radical (unpaired) electrons. The summed E-state index contributed by atoms with van der Waals surface area (Å²) in [6, 6.07) is 6.20. The SMILES string of the molecule is CC(C)c1cccc(C(C)C)c1NC(=O)CN1CCC(C(=O)O)CC1.Cl. The number of carboxylic acids is 1. The molecular weight excluding hydrogens is 352 g/mol. The number of amides is 1. The number of rotatable bonds is 6. The largest absolute Gasteiger partial charge is 0.481 e. The van der Waals surface area contributed by atoms with E-state index in [2.05, 4.69) is 51.2 Å². The van der Waals surface area contributed by atoms with Gasteiger partial charge in [-0.3, -0.25) is 14.5 Å². The van der Waals surface area contributed by atoms with Crippen LogP contribution < -0.4 is 5.32 Å². The molecule has 26 heavy (non-hydrogen) atoms. The number of carbonyl (C=O) groups excluding carboxylic acids is 1. The van der Waals surface area contributed by atoms with Crippen LogP contribution in [0.4, 0.5) is 5.69 Å². The maximum atomic E-state index is 12.6. The zero-order chi connectivity index (χ0) is 18.6. The van der Waals surface area contributed by atoms with Crippen LogP contribution in [-0.4, -0.2) is 41.5 Å². The Kier molecular flexibility index (Phi) is 8.57. The number of aliphatic carboxylic acids is 1. The van der Waals surface area contributed by atoms with Crippen molar-refractivity contribution in [2.75, 3.05) is 25.0 Å². The molecule has 1 aliphatic heterocycles. The Morgan fingerprint density at radius 1 is 1.12 bits per heavy atom. The highest BCUT2D eigenvalue weighted by atomic mass is 35.5. The monoisotopic (exact) mass is 382 g/mol. The third-order valence-corrected chi connectivity index (χ3v) is 4.94. The summed E-state index contributed by atoms with van der Waals surface area (Å²) in [6.45, 7) is 10.2. The molecule has 0 atom stereocenters. The molecule has 146 valence electrons. The maximum absolute atomic E-state index is 12.6. The van der Waals surface area contributed by atoms with Crippen molar-refractivity contribution in [3.8, 4) is 0 Å². The molecule has 0 bridgehead atoms. The van der Waals surface area contributed by atoms with E-state index in [1.807, 2.05) is 4.90 Å². The smallest absolute Gasteiger partial charge is 0.306 e. The van der Waals surface area contributed by atoms with E-state index in [4.69, 9.17) is 5.11 Å². The van der Waals surface area contributed by atoms with Crippen molar-refractivity contribution in [3.63, 3.8) is 0 Å². The Balaban J connectivity index is 0.00000338. The van der Waals surface area contributed by atoms with Crippen molar-refractivity contribution in [2.24, 2.45) is 5.92 Å². The minimum absolute atomic E-state index is 0. The van der Waals surface area contributed by atoms with Gasteiger partial charge in [0, 0.05) is 5.69 Å². The second-order valence-corrected chi connectivity index (χ2v) is 7.56. The predicted octanol–water partition coefficient (Wildman–Crippen LogP) is 4.09. The van der Waals surface area contributed by atoms with Crippen LogP contribution in [0.15, 0.2) is 18.2 Å². The minimum atomic E-state index is -0.725. The van der Waals surface area contributed by atoms with Gasteiger partial charge in [0.15, 0.2) is 0 Å². The summed E-state index contributed by atoms with van der Waals surface area (Å²) < 4.78 is 0. The first-order valence-corrected chi connectivity index (χ1v) is 9.17. The molecule has 1 aromatic carbocycles. The Morgan fingerprint density at radius 2 is 1.62 bits per heavy atom. The van der Waals surface area contributed by atoms with Crippen LogP contribution in [0.3, 0.4) is 0 Å². The Morgan fingerprint density at radius 3 is 2.04 bits per heavy atom. The molecule has 0 unspecified atom stereocenters. The number of para-hydroxylation sites is 1. The molecule has 1 aromatic rings. The molecule has 1 amide bonds. The van der Waals surface area contributed by atoms with Crippen LogP contribution in [0.25, 0.3) is 0 Å². The third-order valence-electron chi connectivity index (χ3n) is 4.94. The second kappa shape index (κ2) is 9.93. The van der Waals surface area contributed by atoms with Gasteiger partial charge in [-0.25, -0.2) is 0 Å². The van der Waals surface area contributed by atoms with Gasteiger partial charge >= 0.3 is 5.97 Å². The number of carboxylic acid groups (broad SMARTS) is 1. The number of hydrogen-bond donors (Lipinski definition) is 2. The van der Waals surface area contributed by atoms with E-state index in [1.165, 1.54) is 0 Å². The van der Waals surface area contributed by atoms with Crippen LogP contribution in [0.1, 0.15) is 63.5 Å². The lowest BCUT2D eigenvalue weighted by Gasteiger charge is -2.29. The molecule has 5 nitrogen and oxygen atoms in total. The Bertz CT molecular complexity index is 597. The fourth-order valence-electron chi connectivity index (χ4n) is 3.42. The van der Waals surface area contributed by atoms with Gasteiger partial charge in [0.25, 0.3) is 0 Å². The lowest BCUT2D eigenvalue weighted by Crippen LogP contribution is -2.40. The van der Waals surface area contributed by atoms with Crippen molar-refractivity contribution in [3.05, 3.63) is 29.3 Å². The first-order valence-electron chi connectivity index (χ1n) is 9.17. The number of likely N-dealkylation sites (tertiary alicyclic amines) is 1. The summed E-state index contributed by atoms with van der Waals surface area (Å²) in [7, 11) is 0. The van der Waals surface area contributed by atoms with E-state index < -0.39 is 5.97 Å². The Hall–Kier alpha value is -1.59. The fraction of sp³-hybridized carbons (Fsp3) is 0.600. The average Bonchev–Trinajstić information content (AvgIpc) is 2.54. The summed E-state index contributed by atoms with van der Waals surface area (Å²) in [5, 5.41) is 12.2. The van der Waals surface area contributed by atoms with Crippen molar-refractivity contribution in [1.29, 1.82) is 0 Å². The van der Waals surface area contributed by atoms with Crippen molar-refractivity contribution in [1.82, 2.24) is 4.90 Å². The number of nitrogens with zero attached hydrogens (tertiary/aromatic N) is 1. The highest BCUT2D eigenvalue weighted by Gasteiger charge is 2.26. The van der Waals surface area contributed by atoms with Gasteiger partial charge in [-0.05, 0) is 48.9 Å². The van der Waals surface area contributed by atoms with Crippen molar-refractivity contribution >= 4 is 30.0 Å². The van der Waals surface area contributed by atoms with E-state index in [1.54, 1.807) is 0 Å². The Labute approximate surface area is 162 Å². The zero-order valence-corrected chi connectivity index (χ0v) is 16.9. The molecule has 6 heteroatoms. The number of anilines is 1. The quantitative estimate of drug-likeness (QED) is 0.777. The molecule has 1 aliphatic rings. The highest BCUT2D eigenvalue weighted by molar-refractivity contribution is 5.94. The van der Waals surface area contributed by atoms with Crippen LogP contribution in [0.5, 0.6) is 0 Å². The second-order valence-electron chi connectivity index (χ2n) is 7.56. The third kappa shape index (κ3) is 5.71. The number of benzene rings is 1. The molecule has 0 spiro atoms. The van der Waals surface area contributed by atoms with Gasteiger partial charge in [-0.1, -0.05) is 45.9 Å². The van der Waals surface area contributed by atoms with E-state index in [0.717, 1.165) is 16.8 Å². The summed E-state index contributed by atoms with van der Waals surface area (Å²) in [6.07, 6.45) is 1.23. The fourth-order valence-corrected chi connectivity index (χ4v) is 3.42. The average molecular weight is 383 g/mol. The van der Waals surface area contributed by atoms with Crippen molar-refractivity contribution in [2.45, 2.75) is 52.4 Å².